The fourth-order valence-electron chi connectivity index (χ4n) is 2.59. The Morgan fingerprint density at radius 2 is 2.05 bits per heavy atom. The Bertz CT molecular complexity index is 601. The molecule has 1 aromatic carbocycles. The summed E-state index contributed by atoms with van der Waals surface area (Å²) in [6.07, 6.45) is 2.63. The fraction of sp³-hybridized carbons (Fsp3) is 0.429. The van der Waals surface area contributed by atoms with E-state index in [9.17, 15) is 14.9 Å². The number of nitrogens with one attached hydrogen (secondary N) is 1. The monoisotopic (exact) mass is 289 g/mol. The van der Waals surface area contributed by atoms with Crippen LogP contribution in [0.2, 0.25) is 0 Å². The first-order valence-electron chi connectivity index (χ1n) is 6.69. The first-order valence-corrected chi connectivity index (χ1v) is 6.69. The first-order chi connectivity index (χ1) is 10.0. The Morgan fingerprint density at radius 3 is 2.57 bits per heavy atom. The molecule has 7 nitrogen and oxygen atoms in total. The number of nitro groups is 1. The second-order valence-electron chi connectivity index (χ2n) is 5.13. The van der Waals surface area contributed by atoms with E-state index in [1.54, 1.807) is 12.1 Å². The Hall–Kier alpha value is -2.62. The number of hydrogen-bond donors (Lipinski definition) is 2. The Morgan fingerprint density at radius 1 is 1.38 bits per heavy atom. The van der Waals surface area contributed by atoms with Crippen molar-refractivity contribution in [1.29, 1.82) is 5.26 Å². The molecule has 1 aromatic rings. The molecule has 1 aliphatic rings. The molecule has 7 heteroatoms. The van der Waals surface area contributed by atoms with E-state index in [4.69, 9.17) is 10.4 Å². The second kappa shape index (κ2) is 6.22. The number of aliphatic carboxylic acids is 1. The highest BCUT2D eigenvalue weighted by molar-refractivity contribution is 5.70. The molecule has 1 saturated carbocycles. The van der Waals surface area contributed by atoms with E-state index in [0.29, 0.717) is 31.4 Å². The summed E-state index contributed by atoms with van der Waals surface area (Å²) >= 11 is 0. The van der Waals surface area contributed by atoms with Crippen LogP contribution in [0.15, 0.2) is 18.2 Å². The molecule has 0 saturated heterocycles. The van der Waals surface area contributed by atoms with Gasteiger partial charge in [0.15, 0.2) is 0 Å². The van der Waals surface area contributed by atoms with E-state index >= 15 is 0 Å². The molecule has 0 radical (unpaired) electrons. The molecule has 0 bridgehead atoms. The van der Waals surface area contributed by atoms with Crippen LogP contribution in [0.4, 0.5) is 11.4 Å². The summed E-state index contributed by atoms with van der Waals surface area (Å²) in [5, 5.41) is 31.9. The highest BCUT2D eigenvalue weighted by Gasteiger charge is 2.26. The number of hydrogen-bond acceptors (Lipinski definition) is 5. The number of carboxylic acids is 1. The van der Waals surface area contributed by atoms with Crippen LogP contribution in [0.1, 0.15) is 31.2 Å². The van der Waals surface area contributed by atoms with E-state index < -0.39 is 10.9 Å². The van der Waals surface area contributed by atoms with Gasteiger partial charge in [0.2, 0.25) is 0 Å². The SMILES string of the molecule is N#Cc1ccc(NC2CCC(C(=O)O)CC2)cc1[N+](=O)[O-]. The number of nitrogens with zero attached hydrogens (tertiary/aromatic N) is 2. The number of nitriles is 1. The van der Waals surface area contributed by atoms with Crippen molar-refractivity contribution >= 4 is 17.3 Å². The fourth-order valence-corrected chi connectivity index (χ4v) is 2.59. The van der Waals surface area contributed by atoms with Gasteiger partial charge < -0.3 is 10.4 Å². The summed E-state index contributed by atoms with van der Waals surface area (Å²) in [6.45, 7) is 0. The van der Waals surface area contributed by atoms with Gasteiger partial charge in [-0.3, -0.25) is 14.9 Å². The van der Waals surface area contributed by atoms with Gasteiger partial charge in [-0.2, -0.15) is 5.26 Å². The van der Waals surface area contributed by atoms with Gasteiger partial charge in [0, 0.05) is 17.8 Å². The van der Waals surface area contributed by atoms with Crippen LogP contribution < -0.4 is 5.32 Å². The van der Waals surface area contributed by atoms with E-state index in [1.165, 1.54) is 12.1 Å². The summed E-state index contributed by atoms with van der Waals surface area (Å²) in [7, 11) is 0. The lowest BCUT2D eigenvalue weighted by atomic mass is 9.86. The predicted octanol–water partition coefficient (Wildman–Crippen LogP) is 2.52. The topological polar surface area (TPSA) is 116 Å². The number of benzene rings is 1. The van der Waals surface area contributed by atoms with Crippen LogP contribution >= 0.6 is 0 Å². The van der Waals surface area contributed by atoms with Crippen molar-refractivity contribution in [2.75, 3.05) is 5.32 Å². The highest BCUT2D eigenvalue weighted by atomic mass is 16.6. The normalized spacial score (nSPS) is 21.3. The molecule has 21 heavy (non-hydrogen) atoms. The maximum Gasteiger partial charge on any atom is 0.306 e. The molecule has 0 aromatic heterocycles. The minimum atomic E-state index is -0.762. The van der Waals surface area contributed by atoms with Gasteiger partial charge in [0.1, 0.15) is 11.6 Å². The van der Waals surface area contributed by atoms with Crippen LogP contribution in [0.3, 0.4) is 0 Å². The highest BCUT2D eigenvalue weighted by Crippen LogP contribution is 2.28. The zero-order chi connectivity index (χ0) is 15.4. The Balaban J connectivity index is 2.04. The van der Waals surface area contributed by atoms with Crippen molar-refractivity contribution in [1.82, 2.24) is 0 Å². The molecule has 0 amide bonds. The third kappa shape index (κ3) is 3.48. The summed E-state index contributed by atoms with van der Waals surface area (Å²) in [5.74, 6) is -1.05. The van der Waals surface area contributed by atoms with Crippen LogP contribution in [-0.2, 0) is 4.79 Å². The quantitative estimate of drug-likeness (QED) is 0.649. The van der Waals surface area contributed by atoms with Gasteiger partial charge in [0.05, 0.1) is 10.8 Å². The lowest BCUT2D eigenvalue weighted by Gasteiger charge is -2.27. The molecule has 0 spiro atoms. The molecular weight excluding hydrogens is 274 g/mol. The molecule has 1 aliphatic carbocycles. The molecule has 0 aliphatic heterocycles. The third-order valence-corrected chi connectivity index (χ3v) is 3.76. The lowest BCUT2D eigenvalue weighted by molar-refractivity contribution is -0.385. The van der Waals surface area contributed by atoms with Crippen LogP contribution in [0.25, 0.3) is 0 Å². The van der Waals surface area contributed by atoms with E-state index in [0.717, 1.165) is 0 Å². The van der Waals surface area contributed by atoms with Crippen LogP contribution in [0, 0.1) is 27.4 Å². The number of nitro benzene ring substituents is 1. The van der Waals surface area contributed by atoms with Crippen LogP contribution in [-0.4, -0.2) is 22.0 Å². The van der Waals surface area contributed by atoms with Crippen molar-refractivity contribution in [3.8, 4) is 6.07 Å². The number of anilines is 1. The maximum absolute atomic E-state index is 10.9. The predicted molar refractivity (Wildman–Crippen MR) is 74.8 cm³/mol. The van der Waals surface area contributed by atoms with Gasteiger partial charge in [-0.15, -0.1) is 0 Å². The van der Waals surface area contributed by atoms with Crippen molar-refractivity contribution in [3.63, 3.8) is 0 Å². The van der Waals surface area contributed by atoms with Crippen molar-refractivity contribution < 1.29 is 14.8 Å². The lowest BCUT2D eigenvalue weighted by Crippen LogP contribution is -2.29. The number of carbonyl (C=O) groups is 1. The van der Waals surface area contributed by atoms with Gasteiger partial charge >= 0.3 is 5.97 Å². The zero-order valence-electron chi connectivity index (χ0n) is 11.3. The summed E-state index contributed by atoms with van der Waals surface area (Å²) < 4.78 is 0. The minimum absolute atomic E-state index is 0.0279. The summed E-state index contributed by atoms with van der Waals surface area (Å²) in [5.41, 5.74) is 0.390. The largest absolute Gasteiger partial charge is 0.481 e. The number of carboxylic acid groups (broad SMARTS) is 1. The van der Waals surface area contributed by atoms with Gasteiger partial charge in [-0.25, -0.2) is 0 Å². The standard InChI is InChI=1S/C14H15N3O4/c15-8-10-3-6-12(7-13(10)17(20)21)16-11-4-1-9(2-5-11)14(18)19/h3,6-7,9,11,16H,1-2,4-5H2,(H,18,19). The molecule has 1 fully saturated rings. The zero-order valence-corrected chi connectivity index (χ0v) is 11.3. The maximum atomic E-state index is 10.9. The van der Waals surface area contributed by atoms with Crippen molar-refractivity contribution in [2.24, 2.45) is 5.92 Å². The van der Waals surface area contributed by atoms with Crippen molar-refractivity contribution in [2.45, 2.75) is 31.7 Å². The summed E-state index contributed by atoms with van der Waals surface area (Å²) in [6, 6.07) is 6.30. The van der Waals surface area contributed by atoms with Crippen molar-refractivity contribution in [3.05, 3.63) is 33.9 Å². The molecule has 110 valence electrons. The Labute approximate surface area is 121 Å². The number of rotatable bonds is 4. The molecule has 2 rings (SSSR count). The third-order valence-electron chi connectivity index (χ3n) is 3.76. The average Bonchev–Trinajstić information content (AvgIpc) is 2.47. The first kappa shape index (κ1) is 14.8. The van der Waals surface area contributed by atoms with E-state index in [2.05, 4.69) is 5.32 Å². The molecular formula is C14H15N3O4. The molecule has 0 heterocycles. The van der Waals surface area contributed by atoms with Gasteiger partial charge in [0.25, 0.3) is 5.69 Å². The Kier molecular flexibility index (Phi) is 4.38. The van der Waals surface area contributed by atoms with E-state index in [1.807, 2.05) is 0 Å². The smallest absolute Gasteiger partial charge is 0.306 e. The summed E-state index contributed by atoms with van der Waals surface area (Å²) in [4.78, 5) is 21.2. The van der Waals surface area contributed by atoms with Crippen LogP contribution in [0.5, 0.6) is 0 Å². The minimum Gasteiger partial charge on any atom is -0.481 e. The van der Waals surface area contributed by atoms with Gasteiger partial charge in [-0.05, 0) is 37.8 Å². The average molecular weight is 289 g/mol. The second-order valence-corrected chi connectivity index (χ2v) is 5.13. The molecule has 2 N–H and O–H groups in total. The molecule has 0 unspecified atom stereocenters. The molecule has 0 atom stereocenters. The van der Waals surface area contributed by atoms with E-state index in [-0.39, 0.29) is 23.2 Å². The van der Waals surface area contributed by atoms with Gasteiger partial charge in [-0.1, -0.05) is 0 Å².